The summed E-state index contributed by atoms with van der Waals surface area (Å²) in [5.74, 6) is -0.658. The maximum Gasteiger partial charge on any atom is 0.289 e. The van der Waals surface area contributed by atoms with Crippen molar-refractivity contribution in [1.82, 2.24) is 0 Å². The van der Waals surface area contributed by atoms with E-state index < -0.39 is 16.1 Å². The van der Waals surface area contributed by atoms with Gasteiger partial charge in [-0.2, -0.15) is 8.42 Å². The largest absolute Gasteiger partial charge is 0.363 e. The fourth-order valence-corrected chi connectivity index (χ4v) is 1.31. The Morgan fingerprint density at radius 1 is 1.50 bits per heavy atom. The quantitative estimate of drug-likeness (QED) is 0.375. The monoisotopic (exact) mass is 224 g/mol. The van der Waals surface area contributed by atoms with Crippen LogP contribution in [0.2, 0.25) is 0 Å². The van der Waals surface area contributed by atoms with Gasteiger partial charge in [-0.15, -0.1) is 0 Å². The Hall–Kier alpha value is -0.460. The highest BCUT2D eigenvalue weighted by atomic mass is 32.2. The van der Waals surface area contributed by atoms with Crippen molar-refractivity contribution in [3.63, 3.8) is 0 Å². The van der Waals surface area contributed by atoms with Crippen molar-refractivity contribution < 1.29 is 22.5 Å². The lowest BCUT2D eigenvalue weighted by Gasteiger charge is -2.06. The molecule has 14 heavy (non-hydrogen) atoms. The molecule has 1 unspecified atom stereocenters. The third-order valence-electron chi connectivity index (χ3n) is 1.81. The lowest BCUT2D eigenvalue weighted by molar-refractivity contribution is -0.111. The van der Waals surface area contributed by atoms with Crippen molar-refractivity contribution in [1.29, 1.82) is 0 Å². The number of hydrogen-bond donors (Lipinski definition) is 1. The number of hydrogen-bond acceptors (Lipinski definition) is 4. The van der Waals surface area contributed by atoms with Crippen LogP contribution in [-0.4, -0.2) is 31.8 Å². The van der Waals surface area contributed by atoms with Gasteiger partial charge in [0.15, 0.2) is 5.94 Å². The molecule has 0 aliphatic rings. The molecule has 0 aliphatic carbocycles. The van der Waals surface area contributed by atoms with Gasteiger partial charge in [0.25, 0.3) is 10.1 Å². The molecule has 0 aliphatic heterocycles. The van der Waals surface area contributed by atoms with Gasteiger partial charge in [0, 0.05) is 12.5 Å². The van der Waals surface area contributed by atoms with Gasteiger partial charge < -0.3 is 9.53 Å². The first-order chi connectivity index (χ1) is 6.49. The molecule has 1 atom stereocenters. The Morgan fingerprint density at radius 3 is 2.57 bits per heavy atom. The van der Waals surface area contributed by atoms with Crippen LogP contribution in [0.3, 0.4) is 0 Å². The van der Waals surface area contributed by atoms with Gasteiger partial charge in [0.05, 0.1) is 0 Å². The molecule has 0 rings (SSSR count). The third kappa shape index (κ3) is 8.15. The maximum atomic E-state index is 10.4. The zero-order valence-corrected chi connectivity index (χ0v) is 9.00. The van der Waals surface area contributed by atoms with Gasteiger partial charge in [-0.1, -0.05) is 6.92 Å². The summed E-state index contributed by atoms with van der Waals surface area (Å²) in [6.45, 7) is 2.15. The molecule has 84 valence electrons. The summed E-state index contributed by atoms with van der Waals surface area (Å²) >= 11 is 0. The van der Waals surface area contributed by atoms with Crippen LogP contribution in [0.1, 0.15) is 26.2 Å². The molecule has 0 spiro atoms. The van der Waals surface area contributed by atoms with Crippen LogP contribution in [0.5, 0.6) is 0 Å². The molecule has 0 aromatic rings. The number of carbonyl (C=O) groups excluding carboxylic acids is 1. The Morgan fingerprint density at radius 2 is 2.14 bits per heavy atom. The number of ether oxygens (including phenoxy) is 1. The maximum absolute atomic E-state index is 10.4. The van der Waals surface area contributed by atoms with E-state index in [4.69, 9.17) is 4.55 Å². The molecular formula is C8H16O5S. The third-order valence-corrected chi connectivity index (χ3v) is 2.28. The van der Waals surface area contributed by atoms with E-state index in [1.165, 1.54) is 0 Å². The molecule has 5 nitrogen and oxygen atoms in total. The number of aldehydes is 1. The van der Waals surface area contributed by atoms with Gasteiger partial charge in [0.2, 0.25) is 0 Å². The number of rotatable bonds is 8. The number of carbonyl (C=O) groups is 1. The summed E-state index contributed by atoms with van der Waals surface area (Å²) in [5.41, 5.74) is 0. The molecule has 0 aromatic carbocycles. The van der Waals surface area contributed by atoms with E-state index in [0.717, 1.165) is 12.7 Å². The van der Waals surface area contributed by atoms with Gasteiger partial charge >= 0.3 is 0 Å². The average Bonchev–Trinajstić information content (AvgIpc) is 2.09. The van der Waals surface area contributed by atoms with Crippen molar-refractivity contribution in [2.24, 2.45) is 5.92 Å². The Kier molecular flexibility index (Phi) is 6.69. The van der Waals surface area contributed by atoms with Crippen molar-refractivity contribution >= 4 is 16.4 Å². The standard InChI is InChI=1S/C8H16O5S/c1-2-8(6-9)4-3-5-13-7-14(10,11)12/h6,8H,2-5,7H2,1H3,(H,10,11,12). The van der Waals surface area contributed by atoms with Crippen molar-refractivity contribution in [3.05, 3.63) is 0 Å². The summed E-state index contributed by atoms with van der Waals surface area (Å²) in [6, 6.07) is 0. The van der Waals surface area contributed by atoms with Crippen LogP contribution in [0.25, 0.3) is 0 Å². The molecule has 0 aromatic heterocycles. The van der Waals surface area contributed by atoms with E-state index in [2.05, 4.69) is 4.74 Å². The zero-order chi connectivity index (χ0) is 11.0. The smallest absolute Gasteiger partial charge is 0.289 e. The lowest BCUT2D eigenvalue weighted by atomic mass is 10.0. The molecular weight excluding hydrogens is 208 g/mol. The minimum absolute atomic E-state index is 0.0179. The van der Waals surface area contributed by atoms with Crippen molar-refractivity contribution in [2.75, 3.05) is 12.5 Å². The van der Waals surface area contributed by atoms with Gasteiger partial charge in [-0.25, -0.2) is 0 Å². The first-order valence-electron chi connectivity index (χ1n) is 4.47. The normalized spacial score (nSPS) is 13.9. The Balaban J connectivity index is 3.42. The minimum Gasteiger partial charge on any atom is -0.363 e. The van der Waals surface area contributed by atoms with Crippen LogP contribution in [0.4, 0.5) is 0 Å². The van der Waals surface area contributed by atoms with E-state index in [1.807, 2.05) is 6.92 Å². The molecule has 0 radical (unpaired) electrons. The van der Waals surface area contributed by atoms with Gasteiger partial charge in [0.1, 0.15) is 6.29 Å². The SMILES string of the molecule is CCC(C=O)CCCOCS(=O)(=O)O. The first kappa shape index (κ1) is 13.5. The summed E-state index contributed by atoms with van der Waals surface area (Å²) in [6.07, 6.45) is 2.98. The molecule has 0 amide bonds. The second-order valence-corrected chi connectivity index (χ2v) is 4.45. The Bertz CT molecular complexity index is 246. The van der Waals surface area contributed by atoms with E-state index in [9.17, 15) is 13.2 Å². The highest BCUT2D eigenvalue weighted by Gasteiger charge is 2.06. The van der Waals surface area contributed by atoms with Crippen LogP contribution < -0.4 is 0 Å². The highest BCUT2D eigenvalue weighted by molar-refractivity contribution is 7.85. The summed E-state index contributed by atoms with van der Waals surface area (Å²) in [7, 11) is -4.03. The first-order valence-corrected chi connectivity index (χ1v) is 6.08. The minimum atomic E-state index is -4.03. The zero-order valence-electron chi connectivity index (χ0n) is 8.18. The summed E-state index contributed by atoms with van der Waals surface area (Å²) in [5, 5.41) is 0. The summed E-state index contributed by atoms with van der Waals surface area (Å²) < 4.78 is 33.4. The van der Waals surface area contributed by atoms with E-state index in [-0.39, 0.29) is 12.5 Å². The predicted molar refractivity (Wildman–Crippen MR) is 51.4 cm³/mol. The van der Waals surface area contributed by atoms with E-state index in [1.54, 1.807) is 0 Å². The molecule has 0 fully saturated rings. The molecule has 1 N–H and O–H groups in total. The van der Waals surface area contributed by atoms with E-state index >= 15 is 0 Å². The molecule has 0 bridgehead atoms. The molecule has 0 saturated carbocycles. The fraction of sp³-hybridized carbons (Fsp3) is 0.875. The second kappa shape index (κ2) is 6.92. The Labute approximate surface area is 84.2 Å². The molecule has 0 saturated heterocycles. The van der Waals surface area contributed by atoms with Crippen LogP contribution in [-0.2, 0) is 19.6 Å². The van der Waals surface area contributed by atoms with Gasteiger partial charge in [-0.05, 0) is 19.3 Å². The average molecular weight is 224 g/mol. The van der Waals surface area contributed by atoms with Crippen LogP contribution in [0, 0.1) is 5.92 Å². The molecule has 0 heterocycles. The van der Waals surface area contributed by atoms with Gasteiger partial charge in [-0.3, -0.25) is 4.55 Å². The molecule has 6 heteroatoms. The van der Waals surface area contributed by atoms with Crippen molar-refractivity contribution in [3.8, 4) is 0 Å². The lowest BCUT2D eigenvalue weighted by Crippen LogP contribution is -2.09. The summed E-state index contributed by atoms with van der Waals surface area (Å²) in [4.78, 5) is 10.4. The van der Waals surface area contributed by atoms with Crippen LogP contribution in [0.15, 0.2) is 0 Å². The van der Waals surface area contributed by atoms with Crippen LogP contribution >= 0.6 is 0 Å². The van der Waals surface area contributed by atoms with E-state index in [0.29, 0.717) is 12.8 Å². The predicted octanol–water partition coefficient (Wildman–Crippen LogP) is 0.854. The topological polar surface area (TPSA) is 80.7 Å². The highest BCUT2D eigenvalue weighted by Crippen LogP contribution is 2.07. The second-order valence-electron chi connectivity index (χ2n) is 3.05. The fourth-order valence-electron chi connectivity index (χ4n) is 0.980. The van der Waals surface area contributed by atoms with Crippen molar-refractivity contribution in [2.45, 2.75) is 26.2 Å².